The molecule has 0 aliphatic rings. The molecule has 0 fully saturated rings. The van der Waals surface area contributed by atoms with Gasteiger partial charge in [-0.3, -0.25) is 0 Å². The molecular formula is C12H19F3N4. The van der Waals surface area contributed by atoms with Gasteiger partial charge in [-0.25, -0.2) is 4.98 Å². The Kier molecular flexibility index (Phi) is 4.99. The SMILES string of the molecule is CC(C)N(C)CCNc1cc(C(F)(F)F)cc(N)n1. The minimum Gasteiger partial charge on any atom is -0.384 e. The van der Waals surface area contributed by atoms with Crippen LogP contribution >= 0.6 is 0 Å². The fourth-order valence-electron chi connectivity index (χ4n) is 1.42. The molecule has 0 spiro atoms. The molecular weight excluding hydrogens is 257 g/mol. The molecule has 1 aromatic rings. The number of nitrogen functional groups attached to an aromatic ring is 1. The van der Waals surface area contributed by atoms with Crippen LogP contribution in [-0.4, -0.2) is 36.1 Å². The van der Waals surface area contributed by atoms with Crippen LogP contribution in [0.3, 0.4) is 0 Å². The quantitative estimate of drug-likeness (QED) is 0.867. The van der Waals surface area contributed by atoms with Crippen molar-refractivity contribution in [2.75, 3.05) is 31.2 Å². The van der Waals surface area contributed by atoms with E-state index >= 15 is 0 Å². The van der Waals surface area contributed by atoms with E-state index in [0.717, 1.165) is 12.1 Å². The molecule has 1 rings (SSSR count). The zero-order chi connectivity index (χ0) is 14.6. The van der Waals surface area contributed by atoms with E-state index in [-0.39, 0.29) is 11.6 Å². The summed E-state index contributed by atoms with van der Waals surface area (Å²) in [5, 5.41) is 2.85. The van der Waals surface area contributed by atoms with E-state index < -0.39 is 11.7 Å². The molecule has 1 aromatic heterocycles. The maximum atomic E-state index is 12.6. The summed E-state index contributed by atoms with van der Waals surface area (Å²) < 4.78 is 37.8. The summed E-state index contributed by atoms with van der Waals surface area (Å²) in [6.07, 6.45) is -4.41. The van der Waals surface area contributed by atoms with Gasteiger partial charge in [-0.2, -0.15) is 13.2 Å². The number of likely N-dealkylation sites (N-methyl/N-ethyl adjacent to an activating group) is 1. The Labute approximate surface area is 110 Å². The van der Waals surface area contributed by atoms with Crippen molar-refractivity contribution in [3.8, 4) is 0 Å². The second-order valence-electron chi connectivity index (χ2n) is 4.66. The van der Waals surface area contributed by atoms with Crippen molar-refractivity contribution in [3.63, 3.8) is 0 Å². The summed E-state index contributed by atoms with van der Waals surface area (Å²) in [6, 6.07) is 2.17. The molecule has 0 atom stereocenters. The van der Waals surface area contributed by atoms with E-state index in [1.807, 2.05) is 20.9 Å². The smallest absolute Gasteiger partial charge is 0.384 e. The predicted molar refractivity (Wildman–Crippen MR) is 69.9 cm³/mol. The van der Waals surface area contributed by atoms with Crippen molar-refractivity contribution in [1.29, 1.82) is 0 Å². The van der Waals surface area contributed by atoms with Gasteiger partial charge in [-0.1, -0.05) is 0 Å². The van der Waals surface area contributed by atoms with Gasteiger partial charge in [0.25, 0.3) is 0 Å². The lowest BCUT2D eigenvalue weighted by molar-refractivity contribution is -0.137. The molecule has 0 unspecified atom stereocenters. The molecule has 0 saturated carbocycles. The summed E-state index contributed by atoms with van der Waals surface area (Å²) in [4.78, 5) is 5.91. The average molecular weight is 276 g/mol. The number of alkyl halides is 3. The molecule has 0 bridgehead atoms. The zero-order valence-electron chi connectivity index (χ0n) is 11.3. The Morgan fingerprint density at radius 1 is 1.37 bits per heavy atom. The van der Waals surface area contributed by atoms with E-state index in [2.05, 4.69) is 15.2 Å². The molecule has 4 nitrogen and oxygen atoms in total. The second-order valence-corrected chi connectivity index (χ2v) is 4.66. The Morgan fingerprint density at radius 2 is 2.00 bits per heavy atom. The average Bonchev–Trinajstić information content (AvgIpc) is 2.26. The Morgan fingerprint density at radius 3 is 2.53 bits per heavy atom. The van der Waals surface area contributed by atoms with E-state index in [1.165, 1.54) is 0 Å². The highest BCUT2D eigenvalue weighted by molar-refractivity contribution is 5.47. The van der Waals surface area contributed by atoms with Crippen LogP contribution in [0.4, 0.5) is 24.8 Å². The zero-order valence-corrected chi connectivity index (χ0v) is 11.3. The second kappa shape index (κ2) is 6.10. The summed E-state index contributed by atoms with van der Waals surface area (Å²) in [6.45, 7) is 5.29. The number of nitrogens with two attached hydrogens (primary N) is 1. The highest BCUT2D eigenvalue weighted by atomic mass is 19.4. The highest BCUT2D eigenvalue weighted by Crippen LogP contribution is 2.31. The Hall–Kier alpha value is -1.50. The topological polar surface area (TPSA) is 54.2 Å². The van der Waals surface area contributed by atoms with Crippen molar-refractivity contribution in [2.24, 2.45) is 0 Å². The highest BCUT2D eigenvalue weighted by Gasteiger charge is 2.31. The first-order valence-electron chi connectivity index (χ1n) is 5.99. The summed E-state index contributed by atoms with van der Waals surface area (Å²) in [5.74, 6) is -0.000907. The van der Waals surface area contributed by atoms with Crippen LogP contribution in [0.2, 0.25) is 0 Å². The molecule has 0 amide bonds. The minimum absolute atomic E-state index is 0.143. The van der Waals surface area contributed by atoms with E-state index in [1.54, 1.807) is 0 Å². The van der Waals surface area contributed by atoms with Crippen LogP contribution in [-0.2, 0) is 6.18 Å². The number of hydrogen-bond acceptors (Lipinski definition) is 4. The molecule has 0 radical (unpaired) electrons. The van der Waals surface area contributed by atoms with Crippen molar-refractivity contribution in [3.05, 3.63) is 17.7 Å². The van der Waals surface area contributed by atoms with Gasteiger partial charge < -0.3 is 16.0 Å². The number of nitrogens with zero attached hydrogens (tertiary/aromatic N) is 2. The summed E-state index contributed by atoms with van der Waals surface area (Å²) in [5.41, 5.74) is 4.58. The molecule has 7 heteroatoms. The van der Waals surface area contributed by atoms with Crippen LogP contribution in [0.1, 0.15) is 19.4 Å². The van der Waals surface area contributed by atoms with Gasteiger partial charge in [0, 0.05) is 19.1 Å². The molecule has 0 aromatic carbocycles. The molecule has 0 aliphatic heterocycles. The van der Waals surface area contributed by atoms with E-state index in [9.17, 15) is 13.2 Å². The lowest BCUT2D eigenvalue weighted by atomic mass is 10.2. The molecule has 0 aliphatic carbocycles. The van der Waals surface area contributed by atoms with E-state index in [0.29, 0.717) is 19.1 Å². The largest absolute Gasteiger partial charge is 0.416 e. The van der Waals surface area contributed by atoms with Gasteiger partial charge >= 0.3 is 6.18 Å². The lowest BCUT2D eigenvalue weighted by Gasteiger charge is -2.21. The van der Waals surface area contributed by atoms with Gasteiger partial charge in [-0.15, -0.1) is 0 Å². The van der Waals surface area contributed by atoms with Crippen molar-refractivity contribution >= 4 is 11.6 Å². The van der Waals surface area contributed by atoms with Crippen molar-refractivity contribution in [1.82, 2.24) is 9.88 Å². The fraction of sp³-hybridized carbons (Fsp3) is 0.583. The van der Waals surface area contributed by atoms with E-state index in [4.69, 9.17) is 5.73 Å². The van der Waals surface area contributed by atoms with Gasteiger partial charge in [-0.05, 0) is 33.0 Å². The molecule has 108 valence electrons. The van der Waals surface area contributed by atoms with Crippen LogP contribution in [0.5, 0.6) is 0 Å². The summed E-state index contributed by atoms with van der Waals surface area (Å²) >= 11 is 0. The number of rotatable bonds is 5. The standard InChI is InChI=1S/C12H19F3N4/c1-8(2)19(3)5-4-17-11-7-9(12(13,14)15)6-10(16)18-11/h6-8H,4-5H2,1-3H3,(H3,16,17,18). The van der Waals surface area contributed by atoms with Gasteiger partial charge in [0.15, 0.2) is 0 Å². The number of nitrogens with one attached hydrogen (secondary N) is 1. The monoisotopic (exact) mass is 276 g/mol. The van der Waals surface area contributed by atoms with Crippen LogP contribution < -0.4 is 11.1 Å². The first-order valence-corrected chi connectivity index (χ1v) is 5.99. The fourth-order valence-corrected chi connectivity index (χ4v) is 1.42. The maximum absolute atomic E-state index is 12.6. The van der Waals surface area contributed by atoms with Crippen molar-refractivity contribution in [2.45, 2.75) is 26.1 Å². The predicted octanol–water partition coefficient (Wildman–Crippen LogP) is 2.43. The number of halogens is 3. The first-order chi connectivity index (χ1) is 8.70. The van der Waals surface area contributed by atoms with Gasteiger partial charge in [0.2, 0.25) is 0 Å². The number of aromatic nitrogens is 1. The van der Waals surface area contributed by atoms with Crippen LogP contribution in [0.25, 0.3) is 0 Å². The lowest BCUT2D eigenvalue weighted by Crippen LogP contribution is -2.31. The van der Waals surface area contributed by atoms with Crippen LogP contribution in [0.15, 0.2) is 12.1 Å². The molecule has 1 heterocycles. The maximum Gasteiger partial charge on any atom is 0.416 e. The first kappa shape index (κ1) is 15.6. The Bertz CT molecular complexity index is 418. The molecule has 19 heavy (non-hydrogen) atoms. The molecule has 3 N–H and O–H groups in total. The normalized spacial score (nSPS) is 12.2. The summed E-state index contributed by atoms with van der Waals surface area (Å²) in [7, 11) is 1.94. The number of hydrogen-bond donors (Lipinski definition) is 2. The third kappa shape index (κ3) is 4.94. The van der Waals surface area contributed by atoms with Crippen molar-refractivity contribution < 1.29 is 13.2 Å². The minimum atomic E-state index is -4.41. The molecule has 0 saturated heterocycles. The number of pyridine rings is 1. The third-order valence-electron chi connectivity index (χ3n) is 2.82. The van der Waals surface area contributed by atoms with Crippen LogP contribution in [0, 0.1) is 0 Å². The van der Waals surface area contributed by atoms with Gasteiger partial charge in [0.1, 0.15) is 11.6 Å². The number of anilines is 2. The Balaban J connectivity index is 2.67. The van der Waals surface area contributed by atoms with Gasteiger partial charge in [0.05, 0.1) is 5.56 Å². The third-order valence-corrected chi connectivity index (χ3v) is 2.82.